The number of amides is 1. The van der Waals surface area contributed by atoms with Crippen molar-refractivity contribution in [1.29, 1.82) is 0 Å². The SMILES string of the molecule is Cc1ccc2c(c1)CN(C(=O)c1n[nH]c3c1CCC3)CC(c1ccsc1)O2. The molecule has 6 heteroatoms. The van der Waals surface area contributed by atoms with Gasteiger partial charge in [0, 0.05) is 28.9 Å². The molecule has 1 aliphatic heterocycles. The lowest BCUT2D eigenvalue weighted by molar-refractivity contribution is 0.0670. The zero-order chi connectivity index (χ0) is 18.4. The molecule has 1 unspecified atom stereocenters. The number of aryl methyl sites for hydroxylation is 2. The predicted octanol–water partition coefficient (Wildman–Crippen LogP) is 4.04. The molecule has 0 bridgehead atoms. The van der Waals surface area contributed by atoms with Gasteiger partial charge in [0.1, 0.15) is 11.9 Å². The van der Waals surface area contributed by atoms with Gasteiger partial charge >= 0.3 is 0 Å². The zero-order valence-corrected chi connectivity index (χ0v) is 16.0. The summed E-state index contributed by atoms with van der Waals surface area (Å²) in [4.78, 5) is 15.3. The molecule has 2 aliphatic rings. The fourth-order valence-electron chi connectivity index (χ4n) is 4.04. The molecule has 0 fully saturated rings. The monoisotopic (exact) mass is 379 g/mol. The van der Waals surface area contributed by atoms with Crippen LogP contribution in [0.15, 0.2) is 35.0 Å². The highest BCUT2D eigenvalue weighted by molar-refractivity contribution is 7.07. The molecule has 1 amide bonds. The Kier molecular flexibility index (Phi) is 4.01. The summed E-state index contributed by atoms with van der Waals surface area (Å²) in [6, 6.07) is 8.26. The maximum Gasteiger partial charge on any atom is 0.275 e. The van der Waals surface area contributed by atoms with E-state index in [4.69, 9.17) is 4.74 Å². The van der Waals surface area contributed by atoms with Crippen molar-refractivity contribution in [2.24, 2.45) is 0 Å². The quantitative estimate of drug-likeness (QED) is 0.731. The van der Waals surface area contributed by atoms with Crippen molar-refractivity contribution in [2.75, 3.05) is 6.54 Å². The van der Waals surface area contributed by atoms with E-state index in [1.165, 1.54) is 5.56 Å². The number of hydrogen-bond donors (Lipinski definition) is 1. The summed E-state index contributed by atoms with van der Waals surface area (Å²) in [6.45, 7) is 3.12. The van der Waals surface area contributed by atoms with Crippen LogP contribution in [0.5, 0.6) is 5.75 Å². The van der Waals surface area contributed by atoms with E-state index in [0.29, 0.717) is 18.8 Å². The van der Waals surface area contributed by atoms with E-state index in [0.717, 1.165) is 47.4 Å². The zero-order valence-electron chi connectivity index (χ0n) is 15.2. The summed E-state index contributed by atoms with van der Waals surface area (Å²) in [5.74, 6) is 0.854. The Morgan fingerprint density at radius 1 is 1.33 bits per heavy atom. The molecule has 0 spiro atoms. The minimum Gasteiger partial charge on any atom is -0.483 e. The molecule has 1 N–H and O–H groups in total. The molecule has 0 radical (unpaired) electrons. The lowest BCUT2D eigenvalue weighted by Crippen LogP contribution is -2.34. The lowest BCUT2D eigenvalue weighted by Gasteiger charge is -2.23. The van der Waals surface area contributed by atoms with Gasteiger partial charge in [-0.05, 0) is 49.1 Å². The van der Waals surface area contributed by atoms with Crippen molar-refractivity contribution in [3.63, 3.8) is 0 Å². The average molecular weight is 379 g/mol. The maximum absolute atomic E-state index is 13.4. The van der Waals surface area contributed by atoms with Gasteiger partial charge in [-0.15, -0.1) is 0 Å². The third-order valence-corrected chi connectivity index (χ3v) is 6.15. The van der Waals surface area contributed by atoms with Gasteiger partial charge < -0.3 is 9.64 Å². The number of benzene rings is 1. The normalized spacial score (nSPS) is 18.6. The fraction of sp³-hybridized carbons (Fsp3) is 0.333. The van der Waals surface area contributed by atoms with Crippen LogP contribution in [0.3, 0.4) is 0 Å². The Morgan fingerprint density at radius 2 is 2.26 bits per heavy atom. The number of hydrogen-bond acceptors (Lipinski definition) is 4. The minimum atomic E-state index is -0.170. The highest BCUT2D eigenvalue weighted by atomic mass is 32.1. The first-order valence-corrected chi connectivity index (χ1v) is 10.3. The van der Waals surface area contributed by atoms with Crippen molar-refractivity contribution in [1.82, 2.24) is 15.1 Å². The second-order valence-corrected chi connectivity index (χ2v) is 8.12. The lowest BCUT2D eigenvalue weighted by atomic mass is 10.1. The second kappa shape index (κ2) is 6.53. The van der Waals surface area contributed by atoms with Crippen LogP contribution in [0.1, 0.15) is 51.0 Å². The van der Waals surface area contributed by atoms with Gasteiger partial charge in [0.05, 0.1) is 6.54 Å². The highest BCUT2D eigenvalue weighted by Gasteiger charge is 2.32. The molecule has 0 saturated heterocycles. The smallest absolute Gasteiger partial charge is 0.275 e. The fourth-order valence-corrected chi connectivity index (χ4v) is 4.74. The van der Waals surface area contributed by atoms with Crippen LogP contribution < -0.4 is 4.74 Å². The first-order chi connectivity index (χ1) is 13.2. The van der Waals surface area contributed by atoms with E-state index in [2.05, 4.69) is 40.7 Å². The van der Waals surface area contributed by atoms with Crippen molar-refractivity contribution in [2.45, 2.75) is 38.8 Å². The molecule has 5 nitrogen and oxygen atoms in total. The molecule has 2 aromatic heterocycles. The highest BCUT2D eigenvalue weighted by Crippen LogP contribution is 2.34. The number of rotatable bonds is 2. The summed E-state index contributed by atoms with van der Waals surface area (Å²) in [7, 11) is 0. The number of ether oxygens (including phenoxy) is 1. The maximum atomic E-state index is 13.4. The molecule has 1 aliphatic carbocycles. The molecule has 3 heterocycles. The van der Waals surface area contributed by atoms with Gasteiger partial charge in [-0.3, -0.25) is 9.89 Å². The van der Waals surface area contributed by atoms with Crippen LogP contribution in [0.25, 0.3) is 0 Å². The summed E-state index contributed by atoms with van der Waals surface area (Å²) in [5.41, 5.74) is 6.13. The van der Waals surface area contributed by atoms with E-state index in [-0.39, 0.29) is 12.0 Å². The molecule has 138 valence electrons. The number of fused-ring (bicyclic) bond motifs is 2. The van der Waals surface area contributed by atoms with E-state index >= 15 is 0 Å². The third-order valence-electron chi connectivity index (χ3n) is 5.44. The van der Waals surface area contributed by atoms with Crippen LogP contribution in [0.4, 0.5) is 0 Å². The van der Waals surface area contributed by atoms with Crippen LogP contribution in [-0.4, -0.2) is 27.5 Å². The number of nitrogens with zero attached hydrogens (tertiary/aromatic N) is 2. The number of nitrogens with one attached hydrogen (secondary N) is 1. The van der Waals surface area contributed by atoms with Gasteiger partial charge in [0.15, 0.2) is 5.69 Å². The second-order valence-electron chi connectivity index (χ2n) is 7.34. The first kappa shape index (κ1) is 16.6. The van der Waals surface area contributed by atoms with Gasteiger partial charge in [-0.25, -0.2) is 0 Å². The van der Waals surface area contributed by atoms with Crippen LogP contribution in [-0.2, 0) is 19.4 Å². The average Bonchev–Trinajstić information content (AvgIpc) is 3.37. The largest absolute Gasteiger partial charge is 0.483 e. The van der Waals surface area contributed by atoms with E-state index in [9.17, 15) is 4.79 Å². The Labute approximate surface area is 162 Å². The number of aromatic nitrogens is 2. The number of aromatic amines is 1. The summed E-state index contributed by atoms with van der Waals surface area (Å²) in [5, 5.41) is 11.6. The molecule has 1 aromatic carbocycles. The van der Waals surface area contributed by atoms with Crippen LogP contribution >= 0.6 is 11.3 Å². The summed E-state index contributed by atoms with van der Waals surface area (Å²) >= 11 is 1.65. The van der Waals surface area contributed by atoms with Crippen molar-refractivity contribution < 1.29 is 9.53 Å². The number of thiophene rings is 1. The molecule has 0 saturated carbocycles. The third kappa shape index (κ3) is 2.94. The Hall–Kier alpha value is -2.60. The van der Waals surface area contributed by atoms with Gasteiger partial charge in [-0.1, -0.05) is 17.7 Å². The first-order valence-electron chi connectivity index (χ1n) is 9.32. The molecule has 3 aromatic rings. The van der Waals surface area contributed by atoms with Crippen molar-refractivity contribution in [3.05, 3.63) is 68.7 Å². The van der Waals surface area contributed by atoms with Crippen LogP contribution in [0, 0.1) is 6.92 Å². The number of carbonyl (C=O) groups is 1. The number of carbonyl (C=O) groups excluding carboxylic acids is 1. The summed E-state index contributed by atoms with van der Waals surface area (Å²) in [6.07, 6.45) is 2.84. The number of H-pyrrole nitrogens is 1. The Balaban J connectivity index is 1.53. The molecule has 1 atom stereocenters. The topological polar surface area (TPSA) is 58.2 Å². The molecule has 27 heavy (non-hydrogen) atoms. The van der Waals surface area contributed by atoms with Crippen LogP contribution in [0.2, 0.25) is 0 Å². The molecular formula is C21H21N3O2S. The van der Waals surface area contributed by atoms with Gasteiger partial charge in [0.2, 0.25) is 0 Å². The van der Waals surface area contributed by atoms with E-state index < -0.39 is 0 Å². The van der Waals surface area contributed by atoms with Crippen molar-refractivity contribution in [3.8, 4) is 5.75 Å². The van der Waals surface area contributed by atoms with Gasteiger partial charge in [0.25, 0.3) is 5.91 Å². The van der Waals surface area contributed by atoms with E-state index in [1.54, 1.807) is 11.3 Å². The minimum absolute atomic E-state index is 0.00687. The summed E-state index contributed by atoms with van der Waals surface area (Å²) < 4.78 is 6.33. The predicted molar refractivity (Wildman–Crippen MR) is 104 cm³/mol. The molecule has 5 rings (SSSR count). The Bertz CT molecular complexity index is 993. The standard InChI is InChI=1S/C21H21N3O2S/c1-13-5-6-18-15(9-13)10-24(11-19(26-18)14-7-8-27-12-14)21(25)20-16-3-2-4-17(16)22-23-20/h5-9,12,19H,2-4,10-11H2,1H3,(H,22,23). The van der Waals surface area contributed by atoms with Gasteiger partial charge in [-0.2, -0.15) is 16.4 Å². The Morgan fingerprint density at radius 3 is 3.11 bits per heavy atom. The van der Waals surface area contributed by atoms with Crippen molar-refractivity contribution >= 4 is 17.2 Å². The molecular weight excluding hydrogens is 358 g/mol. The van der Waals surface area contributed by atoms with E-state index in [1.807, 2.05) is 16.3 Å².